The Morgan fingerprint density at radius 2 is 2.11 bits per heavy atom. The monoisotopic (exact) mass is 370 g/mol. The van der Waals surface area contributed by atoms with Crippen LogP contribution in [0.5, 0.6) is 5.75 Å². The number of hydrogen-bond acceptors (Lipinski definition) is 3. The van der Waals surface area contributed by atoms with E-state index in [2.05, 4.69) is 6.08 Å². The highest BCUT2D eigenvalue weighted by Crippen LogP contribution is 2.31. The normalized spacial score (nSPS) is 17.7. The molecule has 0 unspecified atom stereocenters. The van der Waals surface area contributed by atoms with Crippen molar-refractivity contribution in [3.05, 3.63) is 64.8 Å². The van der Waals surface area contributed by atoms with Crippen molar-refractivity contribution in [2.75, 3.05) is 6.61 Å². The number of carbonyl (C=O) groups is 1. The van der Waals surface area contributed by atoms with Crippen molar-refractivity contribution in [2.24, 2.45) is 5.92 Å². The van der Waals surface area contributed by atoms with Gasteiger partial charge in [0.15, 0.2) is 0 Å². The first-order valence-corrected chi connectivity index (χ1v) is 9.58. The van der Waals surface area contributed by atoms with Crippen molar-refractivity contribution < 1.29 is 19.7 Å². The lowest BCUT2D eigenvalue weighted by atomic mass is 9.96. The van der Waals surface area contributed by atoms with Gasteiger partial charge in [0.2, 0.25) is 0 Å². The van der Waals surface area contributed by atoms with Crippen LogP contribution in [-0.4, -0.2) is 22.8 Å². The molecule has 4 heteroatoms. The molecule has 1 aliphatic carbocycles. The highest BCUT2D eigenvalue weighted by molar-refractivity contribution is 5.86. The molecular weight excluding hydrogens is 340 g/mol. The predicted molar refractivity (Wildman–Crippen MR) is 108 cm³/mol. The zero-order chi connectivity index (χ0) is 19.6. The van der Waals surface area contributed by atoms with Crippen LogP contribution >= 0.6 is 0 Å². The first-order valence-electron chi connectivity index (χ1n) is 9.58. The van der Waals surface area contributed by atoms with E-state index in [1.54, 1.807) is 13.0 Å². The summed E-state index contributed by atoms with van der Waals surface area (Å²) in [7, 11) is 0. The summed E-state index contributed by atoms with van der Waals surface area (Å²) in [6, 6.07) is 7.61. The number of benzene rings is 1. The summed E-state index contributed by atoms with van der Waals surface area (Å²) in [5.41, 5.74) is 3.89. The Balaban J connectivity index is 1.78. The standard InChI is InChI=1S/C23H30O4/c1-17(12-13-18(2)23(25)26)6-3-8-20-9-5-10-21(20)16-27-22-11-4-7-19(14-22)15-24/h4,7,9,11-14,21,24H,3,5-6,8,10,15-16H2,1-2H3,(H,25,26)/b17-12+,18-13+/t21-/m1/s1. The topological polar surface area (TPSA) is 66.8 Å². The Hall–Kier alpha value is -2.33. The van der Waals surface area contributed by atoms with Crippen LogP contribution in [0.15, 0.2) is 59.2 Å². The molecule has 2 N–H and O–H groups in total. The fraction of sp³-hybridized carbons (Fsp3) is 0.435. The molecule has 0 heterocycles. The maximum Gasteiger partial charge on any atom is 0.331 e. The van der Waals surface area contributed by atoms with E-state index in [1.807, 2.05) is 37.3 Å². The predicted octanol–water partition coefficient (Wildman–Crippen LogP) is 5.04. The lowest BCUT2D eigenvalue weighted by Gasteiger charge is -2.16. The second-order valence-corrected chi connectivity index (χ2v) is 7.19. The number of carboxylic acids is 1. The fourth-order valence-electron chi connectivity index (χ4n) is 3.24. The Labute approximate surface area is 161 Å². The Morgan fingerprint density at radius 3 is 2.85 bits per heavy atom. The summed E-state index contributed by atoms with van der Waals surface area (Å²) in [4.78, 5) is 10.8. The van der Waals surface area contributed by atoms with Crippen molar-refractivity contribution >= 4 is 5.97 Å². The van der Waals surface area contributed by atoms with Gasteiger partial charge in [0.25, 0.3) is 0 Å². The molecule has 0 saturated heterocycles. The third kappa shape index (κ3) is 7.06. The number of carboxylic acid groups (broad SMARTS) is 1. The Kier molecular flexibility index (Phi) is 8.34. The molecule has 0 saturated carbocycles. The van der Waals surface area contributed by atoms with Crippen molar-refractivity contribution in [2.45, 2.75) is 52.6 Å². The van der Waals surface area contributed by atoms with Crippen molar-refractivity contribution in [3.63, 3.8) is 0 Å². The molecule has 2 rings (SSSR count). The van der Waals surface area contributed by atoms with Crippen molar-refractivity contribution in [1.29, 1.82) is 0 Å². The Bertz CT molecular complexity index is 728. The van der Waals surface area contributed by atoms with E-state index in [-0.39, 0.29) is 6.61 Å². The van der Waals surface area contributed by atoms with Crippen LogP contribution in [0.25, 0.3) is 0 Å². The van der Waals surface area contributed by atoms with E-state index in [0.29, 0.717) is 18.1 Å². The molecule has 0 aromatic heterocycles. The second-order valence-electron chi connectivity index (χ2n) is 7.19. The zero-order valence-electron chi connectivity index (χ0n) is 16.3. The van der Waals surface area contributed by atoms with Crippen LogP contribution in [0.1, 0.15) is 51.5 Å². The number of ether oxygens (including phenoxy) is 1. The molecule has 0 amide bonds. The average molecular weight is 370 g/mol. The summed E-state index contributed by atoms with van der Waals surface area (Å²) in [6.45, 7) is 4.36. The van der Waals surface area contributed by atoms with Crippen molar-refractivity contribution in [3.8, 4) is 5.75 Å². The summed E-state index contributed by atoms with van der Waals surface area (Å²) < 4.78 is 5.95. The summed E-state index contributed by atoms with van der Waals surface area (Å²) in [6.07, 6.45) is 11.2. The maximum atomic E-state index is 10.8. The van der Waals surface area contributed by atoms with E-state index >= 15 is 0 Å². The molecule has 0 radical (unpaired) electrons. The second kappa shape index (κ2) is 10.7. The lowest BCUT2D eigenvalue weighted by molar-refractivity contribution is -0.132. The smallest absolute Gasteiger partial charge is 0.331 e. The number of allylic oxidation sites excluding steroid dienone is 4. The molecule has 0 fully saturated rings. The van der Waals surface area contributed by atoms with Crippen LogP contribution in [0.4, 0.5) is 0 Å². The third-order valence-electron chi connectivity index (χ3n) is 4.97. The van der Waals surface area contributed by atoms with Gasteiger partial charge in [-0.1, -0.05) is 41.5 Å². The van der Waals surface area contributed by atoms with Gasteiger partial charge in [-0.15, -0.1) is 0 Å². The van der Waals surface area contributed by atoms with Crippen LogP contribution in [-0.2, 0) is 11.4 Å². The molecule has 0 aliphatic heterocycles. The first kappa shape index (κ1) is 21.0. The lowest BCUT2D eigenvalue weighted by Crippen LogP contribution is -2.12. The minimum absolute atomic E-state index is 0.0276. The number of aliphatic hydroxyl groups is 1. The number of hydrogen-bond donors (Lipinski definition) is 2. The third-order valence-corrected chi connectivity index (χ3v) is 4.97. The van der Waals surface area contributed by atoms with Crippen LogP contribution < -0.4 is 4.74 Å². The van der Waals surface area contributed by atoms with E-state index in [0.717, 1.165) is 43.4 Å². The molecule has 1 aromatic rings. The van der Waals surface area contributed by atoms with E-state index in [4.69, 9.17) is 9.84 Å². The highest BCUT2D eigenvalue weighted by Gasteiger charge is 2.19. The van der Waals surface area contributed by atoms with Gasteiger partial charge in [-0.3, -0.25) is 0 Å². The molecule has 1 atom stereocenters. The molecule has 0 spiro atoms. The molecule has 146 valence electrons. The average Bonchev–Trinajstić information content (AvgIpc) is 3.11. The molecule has 1 aliphatic rings. The summed E-state index contributed by atoms with van der Waals surface area (Å²) in [5.74, 6) is 0.399. The fourth-order valence-corrected chi connectivity index (χ4v) is 3.24. The SMILES string of the molecule is C/C(=C\C=C(/C)C(=O)O)CCCC1=CCC[C@@H]1COc1cccc(CO)c1. The maximum absolute atomic E-state index is 10.8. The molecule has 1 aromatic carbocycles. The van der Waals surface area contributed by atoms with Gasteiger partial charge < -0.3 is 14.9 Å². The minimum atomic E-state index is -0.873. The molecule has 27 heavy (non-hydrogen) atoms. The molecular formula is C23H30O4. The van der Waals surface area contributed by atoms with Gasteiger partial charge in [-0.2, -0.15) is 0 Å². The zero-order valence-corrected chi connectivity index (χ0v) is 16.3. The first-order chi connectivity index (χ1) is 13.0. The van der Waals surface area contributed by atoms with E-state index in [9.17, 15) is 9.90 Å². The number of aliphatic carboxylic acids is 1. The summed E-state index contributed by atoms with van der Waals surface area (Å²) >= 11 is 0. The van der Waals surface area contributed by atoms with Gasteiger partial charge in [-0.05, 0) is 63.6 Å². The molecule has 4 nitrogen and oxygen atoms in total. The largest absolute Gasteiger partial charge is 0.493 e. The number of aliphatic hydroxyl groups excluding tert-OH is 1. The van der Waals surface area contributed by atoms with Crippen LogP contribution in [0.2, 0.25) is 0 Å². The Morgan fingerprint density at radius 1 is 1.30 bits per heavy atom. The highest BCUT2D eigenvalue weighted by atomic mass is 16.5. The van der Waals surface area contributed by atoms with E-state index < -0.39 is 5.97 Å². The van der Waals surface area contributed by atoms with Crippen molar-refractivity contribution in [1.82, 2.24) is 0 Å². The van der Waals surface area contributed by atoms with Crippen LogP contribution in [0.3, 0.4) is 0 Å². The van der Waals surface area contributed by atoms with Gasteiger partial charge in [0, 0.05) is 11.5 Å². The number of rotatable bonds is 10. The minimum Gasteiger partial charge on any atom is -0.493 e. The van der Waals surface area contributed by atoms with Gasteiger partial charge >= 0.3 is 5.97 Å². The van der Waals surface area contributed by atoms with E-state index in [1.165, 1.54) is 11.1 Å². The molecule has 0 bridgehead atoms. The van der Waals surface area contributed by atoms with Gasteiger partial charge in [0.05, 0.1) is 13.2 Å². The van der Waals surface area contributed by atoms with Gasteiger partial charge in [-0.25, -0.2) is 4.79 Å². The summed E-state index contributed by atoms with van der Waals surface area (Å²) in [5, 5.41) is 18.1. The van der Waals surface area contributed by atoms with Gasteiger partial charge in [0.1, 0.15) is 5.75 Å². The van der Waals surface area contributed by atoms with Crippen LogP contribution in [0, 0.1) is 5.92 Å². The quantitative estimate of drug-likeness (QED) is 0.344.